The largest absolute Gasteiger partial charge is 0.494 e. The SMILES string of the molecule is COC(=O)c1ccc(B2OC(C)(C)C(C)(C)O2)cc1C#N. The van der Waals surface area contributed by atoms with E-state index in [0.29, 0.717) is 5.46 Å². The molecule has 1 aliphatic rings. The van der Waals surface area contributed by atoms with E-state index in [1.54, 1.807) is 18.2 Å². The first-order chi connectivity index (χ1) is 9.71. The summed E-state index contributed by atoms with van der Waals surface area (Å²) in [6.07, 6.45) is 0. The van der Waals surface area contributed by atoms with Gasteiger partial charge in [0.1, 0.15) is 6.07 Å². The van der Waals surface area contributed by atoms with Crippen molar-refractivity contribution >= 4 is 18.6 Å². The summed E-state index contributed by atoms with van der Waals surface area (Å²) in [5.74, 6) is -0.535. The van der Waals surface area contributed by atoms with Gasteiger partial charge in [-0.2, -0.15) is 5.26 Å². The normalized spacial score (nSPS) is 19.1. The Labute approximate surface area is 124 Å². The van der Waals surface area contributed by atoms with E-state index in [2.05, 4.69) is 4.74 Å². The van der Waals surface area contributed by atoms with Crippen LogP contribution in [0.3, 0.4) is 0 Å². The number of hydrogen-bond donors (Lipinski definition) is 0. The molecule has 6 heteroatoms. The van der Waals surface area contributed by atoms with Gasteiger partial charge in [-0.1, -0.05) is 6.07 Å². The molecule has 1 fully saturated rings. The minimum atomic E-state index is -0.561. The summed E-state index contributed by atoms with van der Waals surface area (Å²) >= 11 is 0. The summed E-state index contributed by atoms with van der Waals surface area (Å²) in [6, 6.07) is 6.89. The summed E-state index contributed by atoms with van der Waals surface area (Å²) < 4.78 is 16.5. The van der Waals surface area contributed by atoms with E-state index < -0.39 is 24.3 Å². The van der Waals surface area contributed by atoms with Crippen LogP contribution in [0.25, 0.3) is 0 Å². The summed E-state index contributed by atoms with van der Waals surface area (Å²) in [6.45, 7) is 7.84. The van der Waals surface area contributed by atoms with Gasteiger partial charge >= 0.3 is 13.1 Å². The number of carbonyl (C=O) groups is 1. The zero-order chi connectivity index (χ0) is 15.8. The van der Waals surface area contributed by atoms with Crippen LogP contribution in [0, 0.1) is 11.3 Å². The Morgan fingerprint density at radius 3 is 2.29 bits per heavy atom. The fraction of sp³-hybridized carbons (Fsp3) is 0.467. The average Bonchev–Trinajstić information content (AvgIpc) is 2.66. The molecule has 1 heterocycles. The molecule has 0 aliphatic carbocycles. The molecule has 1 aromatic rings. The van der Waals surface area contributed by atoms with E-state index in [4.69, 9.17) is 9.31 Å². The van der Waals surface area contributed by atoms with Crippen molar-refractivity contribution in [2.45, 2.75) is 38.9 Å². The topological polar surface area (TPSA) is 68.6 Å². The van der Waals surface area contributed by atoms with Gasteiger partial charge in [0.05, 0.1) is 29.4 Å². The highest BCUT2D eigenvalue weighted by atomic mass is 16.7. The number of nitriles is 1. The Morgan fingerprint density at radius 2 is 1.81 bits per heavy atom. The van der Waals surface area contributed by atoms with Gasteiger partial charge in [-0.05, 0) is 45.3 Å². The van der Waals surface area contributed by atoms with Gasteiger partial charge in [-0.3, -0.25) is 0 Å². The Kier molecular flexibility index (Phi) is 3.83. The molecule has 21 heavy (non-hydrogen) atoms. The van der Waals surface area contributed by atoms with Gasteiger partial charge in [0, 0.05) is 0 Å². The lowest BCUT2D eigenvalue weighted by molar-refractivity contribution is 0.00578. The molecule has 1 aliphatic heterocycles. The number of benzene rings is 1. The van der Waals surface area contributed by atoms with E-state index in [1.165, 1.54) is 7.11 Å². The summed E-state index contributed by atoms with van der Waals surface area (Å²) in [5.41, 5.74) is 0.281. The lowest BCUT2D eigenvalue weighted by atomic mass is 9.78. The van der Waals surface area contributed by atoms with Crippen LogP contribution in [0.5, 0.6) is 0 Å². The molecule has 0 spiro atoms. The smallest absolute Gasteiger partial charge is 0.465 e. The zero-order valence-electron chi connectivity index (χ0n) is 12.9. The lowest BCUT2D eigenvalue weighted by Gasteiger charge is -2.32. The van der Waals surface area contributed by atoms with Crippen molar-refractivity contribution in [1.29, 1.82) is 5.26 Å². The van der Waals surface area contributed by atoms with Crippen molar-refractivity contribution in [3.05, 3.63) is 29.3 Å². The molecular weight excluding hydrogens is 269 g/mol. The van der Waals surface area contributed by atoms with E-state index in [1.807, 2.05) is 33.8 Å². The third kappa shape index (κ3) is 2.67. The summed E-state index contributed by atoms with van der Waals surface area (Å²) in [5, 5.41) is 9.20. The van der Waals surface area contributed by atoms with Crippen LogP contribution < -0.4 is 5.46 Å². The fourth-order valence-corrected chi connectivity index (χ4v) is 2.07. The first-order valence-corrected chi connectivity index (χ1v) is 6.70. The van der Waals surface area contributed by atoms with Crippen LogP contribution >= 0.6 is 0 Å². The number of nitrogens with zero attached hydrogens (tertiary/aromatic N) is 1. The molecule has 0 aromatic heterocycles. The summed E-state index contributed by atoms with van der Waals surface area (Å²) in [7, 11) is 0.722. The molecule has 0 radical (unpaired) electrons. The highest BCUT2D eigenvalue weighted by Crippen LogP contribution is 2.36. The van der Waals surface area contributed by atoms with Crippen molar-refractivity contribution in [2.75, 3.05) is 7.11 Å². The highest BCUT2D eigenvalue weighted by molar-refractivity contribution is 6.62. The number of hydrogen-bond acceptors (Lipinski definition) is 5. The van der Waals surface area contributed by atoms with E-state index in [-0.39, 0.29) is 11.1 Å². The van der Waals surface area contributed by atoms with Crippen molar-refractivity contribution < 1.29 is 18.8 Å². The molecule has 0 N–H and O–H groups in total. The molecule has 110 valence electrons. The molecule has 2 rings (SSSR count). The number of carbonyl (C=O) groups excluding carboxylic acids is 1. The third-order valence-corrected chi connectivity index (χ3v) is 4.09. The Balaban J connectivity index is 2.36. The molecule has 5 nitrogen and oxygen atoms in total. The van der Waals surface area contributed by atoms with Gasteiger partial charge in [-0.25, -0.2) is 4.79 Å². The Bertz CT molecular complexity index is 603. The van der Waals surface area contributed by atoms with Crippen LogP contribution in [-0.4, -0.2) is 31.4 Å². The Morgan fingerprint density at radius 1 is 1.24 bits per heavy atom. The quantitative estimate of drug-likeness (QED) is 0.611. The molecule has 0 unspecified atom stereocenters. The molecule has 0 amide bonds. The molecule has 0 saturated carbocycles. The van der Waals surface area contributed by atoms with Crippen LogP contribution in [0.1, 0.15) is 43.6 Å². The van der Waals surface area contributed by atoms with Gasteiger partial charge in [0.15, 0.2) is 0 Å². The van der Waals surface area contributed by atoms with Gasteiger partial charge in [0.25, 0.3) is 0 Å². The van der Waals surface area contributed by atoms with Gasteiger partial charge in [0.2, 0.25) is 0 Å². The van der Waals surface area contributed by atoms with Crippen molar-refractivity contribution in [2.24, 2.45) is 0 Å². The minimum absolute atomic E-state index is 0.236. The first-order valence-electron chi connectivity index (χ1n) is 6.70. The van der Waals surface area contributed by atoms with Crippen LogP contribution in [0.15, 0.2) is 18.2 Å². The first kappa shape index (κ1) is 15.6. The predicted molar refractivity (Wildman–Crippen MR) is 78.2 cm³/mol. The molecule has 1 saturated heterocycles. The van der Waals surface area contributed by atoms with Gasteiger partial charge in [-0.15, -0.1) is 0 Å². The van der Waals surface area contributed by atoms with Crippen molar-refractivity contribution in [3.63, 3.8) is 0 Å². The predicted octanol–water partition coefficient (Wildman–Crippen LogP) is 1.64. The van der Waals surface area contributed by atoms with Crippen LogP contribution in [-0.2, 0) is 14.0 Å². The zero-order valence-corrected chi connectivity index (χ0v) is 12.9. The number of ether oxygens (including phenoxy) is 1. The van der Waals surface area contributed by atoms with E-state index in [0.717, 1.165) is 0 Å². The molecule has 0 bridgehead atoms. The number of esters is 1. The maximum absolute atomic E-state index is 11.6. The fourth-order valence-electron chi connectivity index (χ4n) is 2.07. The minimum Gasteiger partial charge on any atom is -0.465 e. The van der Waals surface area contributed by atoms with Crippen LogP contribution in [0.4, 0.5) is 0 Å². The number of methoxy groups -OCH3 is 1. The maximum atomic E-state index is 11.6. The summed E-state index contributed by atoms with van der Waals surface area (Å²) in [4.78, 5) is 11.6. The molecular formula is C15H18BNO4. The van der Waals surface area contributed by atoms with Crippen molar-refractivity contribution in [1.82, 2.24) is 0 Å². The molecule has 1 aromatic carbocycles. The second-order valence-corrected chi connectivity index (χ2v) is 6.00. The Hall–Kier alpha value is -1.84. The monoisotopic (exact) mass is 287 g/mol. The second kappa shape index (κ2) is 5.17. The van der Waals surface area contributed by atoms with Crippen molar-refractivity contribution in [3.8, 4) is 6.07 Å². The third-order valence-electron chi connectivity index (χ3n) is 4.09. The second-order valence-electron chi connectivity index (χ2n) is 6.00. The van der Waals surface area contributed by atoms with E-state index >= 15 is 0 Å². The lowest BCUT2D eigenvalue weighted by Crippen LogP contribution is -2.41. The number of rotatable bonds is 2. The maximum Gasteiger partial charge on any atom is 0.494 e. The van der Waals surface area contributed by atoms with E-state index in [9.17, 15) is 10.1 Å². The van der Waals surface area contributed by atoms with Crippen LogP contribution in [0.2, 0.25) is 0 Å². The molecule has 0 atom stereocenters. The standard InChI is InChI=1S/C15H18BNO4/c1-14(2)15(3,4)21-16(20-14)11-6-7-12(13(18)19-5)10(8-11)9-17/h6-8H,1-5H3. The highest BCUT2D eigenvalue weighted by Gasteiger charge is 2.51. The average molecular weight is 287 g/mol. The van der Waals surface area contributed by atoms with Gasteiger partial charge < -0.3 is 14.0 Å².